The molecular formula is C9H12N4S2. The lowest BCUT2D eigenvalue weighted by Crippen LogP contribution is -1.91. The second-order valence-corrected chi connectivity index (χ2v) is 5.29. The average Bonchev–Trinajstić information content (AvgIpc) is 2.67. The van der Waals surface area contributed by atoms with E-state index in [4.69, 9.17) is 0 Å². The Kier molecular flexibility index (Phi) is 3.48. The Balaban J connectivity index is 2.48. The van der Waals surface area contributed by atoms with Crippen LogP contribution in [0, 0.1) is 0 Å². The third-order valence-electron chi connectivity index (χ3n) is 1.80. The van der Waals surface area contributed by atoms with E-state index < -0.39 is 0 Å². The summed E-state index contributed by atoms with van der Waals surface area (Å²) in [6.07, 6.45) is 1.75. The first-order chi connectivity index (χ1) is 7.35. The van der Waals surface area contributed by atoms with Gasteiger partial charge in [0.2, 0.25) is 0 Å². The molecule has 2 aromatic heterocycles. The van der Waals surface area contributed by atoms with Crippen LogP contribution < -0.4 is 0 Å². The zero-order chi connectivity index (χ0) is 10.7. The van der Waals surface area contributed by atoms with Crippen molar-refractivity contribution in [2.45, 2.75) is 24.0 Å². The number of fused-ring (bicyclic) bond motifs is 1. The van der Waals surface area contributed by atoms with E-state index in [1.54, 1.807) is 29.7 Å². The number of aromatic amines is 1. The van der Waals surface area contributed by atoms with Gasteiger partial charge in [0, 0.05) is 0 Å². The molecule has 6 heteroatoms. The van der Waals surface area contributed by atoms with E-state index in [0.717, 1.165) is 32.7 Å². The lowest BCUT2D eigenvalue weighted by molar-refractivity contribution is 0.925. The number of nitrogens with zero attached hydrogens (tertiary/aromatic N) is 3. The SMILES string of the molecule is CCSc1nc(SCC)c2[nH]ncc2n1. The summed E-state index contributed by atoms with van der Waals surface area (Å²) in [5.41, 5.74) is 1.85. The van der Waals surface area contributed by atoms with Crippen molar-refractivity contribution in [3.63, 3.8) is 0 Å². The van der Waals surface area contributed by atoms with E-state index in [0.29, 0.717) is 0 Å². The second-order valence-electron chi connectivity index (χ2n) is 2.81. The first-order valence-electron chi connectivity index (χ1n) is 4.81. The minimum absolute atomic E-state index is 0.836. The minimum Gasteiger partial charge on any atom is -0.273 e. The summed E-state index contributed by atoms with van der Waals surface area (Å²) in [4.78, 5) is 8.91. The highest BCUT2D eigenvalue weighted by molar-refractivity contribution is 7.99. The third-order valence-corrected chi connectivity index (χ3v) is 3.39. The van der Waals surface area contributed by atoms with Crippen LogP contribution in [0.5, 0.6) is 0 Å². The molecule has 0 unspecified atom stereocenters. The molecule has 2 rings (SSSR count). The lowest BCUT2D eigenvalue weighted by Gasteiger charge is -2.02. The summed E-state index contributed by atoms with van der Waals surface area (Å²) in [5.74, 6) is 1.99. The van der Waals surface area contributed by atoms with Gasteiger partial charge in [0.1, 0.15) is 16.1 Å². The summed E-state index contributed by atoms with van der Waals surface area (Å²) in [5, 5.41) is 8.76. The van der Waals surface area contributed by atoms with Crippen LogP contribution in [0.15, 0.2) is 16.4 Å². The maximum Gasteiger partial charge on any atom is 0.189 e. The molecule has 1 N–H and O–H groups in total. The Labute approximate surface area is 96.7 Å². The molecule has 0 aliphatic heterocycles. The maximum atomic E-state index is 4.50. The highest BCUT2D eigenvalue weighted by Crippen LogP contribution is 2.25. The summed E-state index contributed by atoms with van der Waals surface area (Å²) in [7, 11) is 0. The van der Waals surface area contributed by atoms with E-state index in [-0.39, 0.29) is 0 Å². The Morgan fingerprint density at radius 2 is 2.00 bits per heavy atom. The predicted molar refractivity (Wildman–Crippen MR) is 64.5 cm³/mol. The molecule has 0 radical (unpaired) electrons. The maximum absolute atomic E-state index is 4.50. The predicted octanol–water partition coefficient (Wildman–Crippen LogP) is 2.58. The molecule has 0 fully saturated rings. The largest absolute Gasteiger partial charge is 0.273 e. The zero-order valence-corrected chi connectivity index (χ0v) is 10.3. The highest BCUT2D eigenvalue weighted by atomic mass is 32.2. The molecule has 0 saturated carbocycles. The van der Waals surface area contributed by atoms with Crippen LogP contribution in [0.4, 0.5) is 0 Å². The second kappa shape index (κ2) is 4.85. The van der Waals surface area contributed by atoms with Crippen molar-refractivity contribution in [2.75, 3.05) is 11.5 Å². The Hall–Kier alpha value is -0.750. The molecule has 0 bridgehead atoms. The molecule has 2 heterocycles. The summed E-state index contributed by atoms with van der Waals surface area (Å²) in [6, 6.07) is 0. The molecule has 0 saturated heterocycles. The van der Waals surface area contributed by atoms with Gasteiger partial charge in [-0.3, -0.25) is 5.10 Å². The topological polar surface area (TPSA) is 54.5 Å². The van der Waals surface area contributed by atoms with Crippen LogP contribution in [0.1, 0.15) is 13.8 Å². The number of hydrogen-bond donors (Lipinski definition) is 1. The van der Waals surface area contributed by atoms with Gasteiger partial charge in [-0.2, -0.15) is 5.10 Å². The van der Waals surface area contributed by atoms with Crippen LogP contribution in [-0.2, 0) is 0 Å². The fourth-order valence-electron chi connectivity index (χ4n) is 1.23. The normalized spacial score (nSPS) is 11.1. The average molecular weight is 240 g/mol. The third kappa shape index (κ3) is 2.26. The Morgan fingerprint density at radius 3 is 2.73 bits per heavy atom. The number of rotatable bonds is 4. The van der Waals surface area contributed by atoms with Gasteiger partial charge in [0.05, 0.1) is 6.20 Å². The van der Waals surface area contributed by atoms with Gasteiger partial charge in [-0.05, 0) is 11.5 Å². The summed E-state index contributed by atoms with van der Waals surface area (Å²) >= 11 is 3.37. The number of H-pyrrole nitrogens is 1. The molecule has 0 amide bonds. The van der Waals surface area contributed by atoms with Crippen LogP contribution in [0.2, 0.25) is 0 Å². The quantitative estimate of drug-likeness (QED) is 0.505. The van der Waals surface area contributed by atoms with Gasteiger partial charge < -0.3 is 0 Å². The first kappa shape index (κ1) is 10.8. The first-order valence-corrected chi connectivity index (χ1v) is 6.79. The monoisotopic (exact) mass is 240 g/mol. The molecule has 0 spiro atoms. The van der Waals surface area contributed by atoms with Crippen LogP contribution in [0.3, 0.4) is 0 Å². The molecule has 4 nitrogen and oxygen atoms in total. The van der Waals surface area contributed by atoms with Crippen molar-refractivity contribution in [1.82, 2.24) is 20.2 Å². The molecule has 80 valence electrons. The van der Waals surface area contributed by atoms with Crippen LogP contribution in [0.25, 0.3) is 11.0 Å². The van der Waals surface area contributed by atoms with Gasteiger partial charge in [-0.15, -0.1) is 11.8 Å². The van der Waals surface area contributed by atoms with Gasteiger partial charge in [-0.25, -0.2) is 9.97 Å². The van der Waals surface area contributed by atoms with Gasteiger partial charge >= 0.3 is 0 Å². The van der Waals surface area contributed by atoms with E-state index in [1.165, 1.54) is 0 Å². The zero-order valence-electron chi connectivity index (χ0n) is 8.65. The van der Waals surface area contributed by atoms with Crippen LogP contribution in [-0.4, -0.2) is 31.7 Å². The van der Waals surface area contributed by atoms with Crippen molar-refractivity contribution in [3.05, 3.63) is 6.20 Å². The number of aromatic nitrogens is 4. The van der Waals surface area contributed by atoms with E-state index in [2.05, 4.69) is 34.0 Å². The van der Waals surface area contributed by atoms with Gasteiger partial charge in [-0.1, -0.05) is 25.6 Å². The Bertz CT molecular complexity index is 454. The van der Waals surface area contributed by atoms with Crippen molar-refractivity contribution >= 4 is 34.6 Å². The van der Waals surface area contributed by atoms with E-state index >= 15 is 0 Å². The minimum atomic E-state index is 0.836. The molecular weight excluding hydrogens is 228 g/mol. The number of thioether (sulfide) groups is 2. The summed E-state index contributed by atoms with van der Waals surface area (Å²) in [6.45, 7) is 4.21. The molecule has 0 atom stereocenters. The smallest absolute Gasteiger partial charge is 0.189 e. The standard InChI is InChI=1S/C9H12N4S2/c1-3-14-8-7-6(5-10-13-7)11-9(12-8)15-4-2/h5H,3-4H2,1-2H3,(H,10,13). The highest BCUT2D eigenvalue weighted by Gasteiger charge is 2.09. The van der Waals surface area contributed by atoms with Crippen molar-refractivity contribution < 1.29 is 0 Å². The van der Waals surface area contributed by atoms with E-state index in [9.17, 15) is 0 Å². The fourth-order valence-corrected chi connectivity index (χ4v) is 2.58. The molecule has 0 aromatic carbocycles. The number of hydrogen-bond acceptors (Lipinski definition) is 5. The van der Waals surface area contributed by atoms with Crippen molar-refractivity contribution in [3.8, 4) is 0 Å². The molecule has 0 aliphatic carbocycles. The summed E-state index contributed by atoms with van der Waals surface area (Å²) < 4.78 is 0. The van der Waals surface area contributed by atoms with Gasteiger partial charge in [0.15, 0.2) is 5.16 Å². The fraction of sp³-hybridized carbons (Fsp3) is 0.444. The lowest BCUT2D eigenvalue weighted by atomic mass is 10.5. The van der Waals surface area contributed by atoms with Crippen molar-refractivity contribution in [1.29, 1.82) is 0 Å². The van der Waals surface area contributed by atoms with E-state index in [1.807, 2.05) is 0 Å². The number of nitrogens with one attached hydrogen (secondary N) is 1. The van der Waals surface area contributed by atoms with Crippen LogP contribution >= 0.6 is 23.5 Å². The Morgan fingerprint density at radius 1 is 1.20 bits per heavy atom. The molecule has 15 heavy (non-hydrogen) atoms. The van der Waals surface area contributed by atoms with Gasteiger partial charge in [0.25, 0.3) is 0 Å². The molecule has 2 aromatic rings. The van der Waals surface area contributed by atoms with Crippen molar-refractivity contribution in [2.24, 2.45) is 0 Å². The molecule has 0 aliphatic rings.